The minimum atomic E-state index is 0.126. The van der Waals surface area contributed by atoms with Crippen molar-refractivity contribution in [1.29, 1.82) is 0 Å². The van der Waals surface area contributed by atoms with E-state index in [0.717, 1.165) is 26.4 Å². The summed E-state index contributed by atoms with van der Waals surface area (Å²) in [6.45, 7) is 6.19. The van der Waals surface area contributed by atoms with Crippen LogP contribution in [0.25, 0.3) is 10.2 Å². The van der Waals surface area contributed by atoms with Crippen LogP contribution in [0.3, 0.4) is 0 Å². The van der Waals surface area contributed by atoms with Gasteiger partial charge in [0, 0.05) is 15.8 Å². The average molecular weight is 328 g/mol. The van der Waals surface area contributed by atoms with Crippen LogP contribution < -0.4 is 0 Å². The van der Waals surface area contributed by atoms with Crippen molar-refractivity contribution < 1.29 is 4.79 Å². The lowest BCUT2D eigenvalue weighted by Crippen LogP contribution is -2.02. The van der Waals surface area contributed by atoms with Gasteiger partial charge in [-0.05, 0) is 26.3 Å². The maximum atomic E-state index is 12.3. The first kappa shape index (κ1) is 15.2. The lowest BCUT2D eigenvalue weighted by atomic mass is 10.1. The van der Waals surface area contributed by atoms with E-state index >= 15 is 0 Å². The highest BCUT2D eigenvalue weighted by atomic mass is 32.2. The van der Waals surface area contributed by atoms with Gasteiger partial charge < -0.3 is 0 Å². The first-order valence-electron chi connectivity index (χ1n) is 6.99. The van der Waals surface area contributed by atoms with Crippen LogP contribution in [0.1, 0.15) is 26.4 Å². The Morgan fingerprint density at radius 2 is 1.86 bits per heavy atom. The number of aromatic nitrogens is 2. The number of aryl methyl sites for hydroxylation is 3. The van der Waals surface area contributed by atoms with E-state index in [-0.39, 0.29) is 5.78 Å². The highest BCUT2D eigenvalue weighted by Crippen LogP contribution is 2.34. The summed E-state index contributed by atoms with van der Waals surface area (Å²) in [5.41, 5.74) is 3.12. The molecular weight excluding hydrogens is 312 g/mol. The molecule has 0 spiro atoms. The molecule has 112 valence electrons. The zero-order valence-electron chi connectivity index (χ0n) is 12.7. The fourth-order valence-corrected chi connectivity index (χ4v) is 4.23. The fraction of sp³-hybridized carbons (Fsp3) is 0.235. The predicted octanol–water partition coefficient (Wildman–Crippen LogP) is 4.59. The molecule has 2 aromatic heterocycles. The molecule has 0 N–H and O–H groups in total. The number of Topliss-reactive ketones (excluding diaryl/α,β-unsaturated/α-hetero) is 1. The van der Waals surface area contributed by atoms with Crippen LogP contribution in [-0.4, -0.2) is 21.5 Å². The SMILES string of the molecule is Cc1ccc(C(=O)CSc2ncnc3sc(C)c(C)c23)cc1. The second kappa shape index (κ2) is 6.18. The van der Waals surface area contributed by atoms with Crippen LogP contribution in [0.15, 0.2) is 35.6 Å². The number of thioether (sulfide) groups is 1. The lowest BCUT2D eigenvalue weighted by molar-refractivity contribution is 0.102. The minimum Gasteiger partial charge on any atom is -0.293 e. The van der Waals surface area contributed by atoms with Gasteiger partial charge in [0.05, 0.1) is 5.75 Å². The molecule has 0 saturated carbocycles. The van der Waals surface area contributed by atoms with Gasteiger partial charge in [-0.15, -0.1) is 11.3 Å². The van der Waals surface area contributed by atoms with Gasteiger partial charge in [-0.2, -0.15) is 0 Å². The van der Waals surface area contributed by atoms with Crippen molar-refractivity contribution >= 4 is 39.1 Å². The first-order valence-corrected chi connectivity index (χ1v) is 8.80. The van der Waals surface area contributed by atoms with E-state index in [0.29, 0.717) is 5.75 Å². The number of ketones is 1. The zero-order chi connectivity index (χ0) is 15.7. The lowest BCUT2D eigenvalue weighted by Gasteiger charge is -2.04. The average Bonchev–Trinajstić information content (AvgIpc) is 2.81. The molecule has 0 aliphatic rings. The van der Waals surface area contributed by atoms with Gasteiger partial charge in [0.1, 0.15) is 16.2 Å². The van der Waals surface area contributed by atoms with Gasteiger partial charge in [0.25, 0.3) is 0 Å². The number of hydrogen-bond acceptors (Lipinski definition) is 5. The number of hydrogen-bond donors (Lipinski definition) is 0. The minimum absolute atomic E-state index is 0.126. The molecule has 0 radical (unpaired) electrons. The Labute approximate surface area is 137 Å². The van der Waals surface area contributed by atoms with Crippen molar-refractivity contribution in [3.05, 3.63) is 52.2 Å². The molecule has 3 nitrogen and oxygen atoms in total. The standard InChI is InChI=1S/C17H16N2OS2/c1-10-4-6-13(7-5-10)14(20)8-21-16-15-11(2)12(3)22-17(15)19-9-18-16/h4-7,9H,8H2,1-3H3. The van der Waals surface area contributed by atoms with Crippen molar-refractivity contribution in [1.82, 2.24) is 9.97 Å². The topological polar surface area (TPSA) is 42.9 Å². The summed E-state index contributed by atoms with van der Waals surface area (Å²) >= 11 is 3.17. The maximum Gasteiger partial charge on any atom is 0.173 e. The smallest absolute Gasteiger partial charge is 0.173 e. The van der Waals surface area contributed by atoms with Crippen molar-refractivity contribution in [2.75, 3.05) is 5.75 Å². The third-order valence-electron chi connectivity index (χ3n) is 3.64. The van der Waals surface area contributed by atoms with E-state index in [9.17, 15) is 4.79 Å². The molecule has 0 atom stereocenters. The quantitative estimate of drug-likeness (QED) is 0.399. The normalized spacial score (nSPS) is 11.0. The van der Waals surface area contributed by atoms with Crippen LogP contribution in [0, 0.1) is 20.8 Å². The summed E-state index contributed by atoms with van der Waals surface area (Å²) in [5.74, 6) is 0.519. The molecule has 22 heavy (non-hydrogen) atoms. The van der Waals surface area contributed by atoms with Crippen LogP contribution in [-0.2, 0) is 0 Å². The third-order valence-corrected chi connectivity index (χ3v) is 5.75. The number of fused-ring (bicyclic) bond motifs is 1. The Morgan fingerprint density at radius 1 is 1.14 bits per heavy atom. The van der Waals surface area contributed by atoms with Crippen molar-refractivity contribution in [2.24, 2.45) is 0 Å². The van der Waals surface area contributed by atoms with E-state index < -0.39 is 0 Å². The summed E-state index contributed by atoms with van der Waals surface area (Å²) < 4.78 is 0. The van der Waals surface area contributed by atoms with Crippen molar-refractivity contribution in [2.45, 2.75) is 25.8 Å². The van der Waals surface area contributed by atoms with Gasteiger partial charge in [-0.25, -0.2) is 9.97 Å². The van der Waals surface area contributed by atoms with Crippen LogP contribution in [0.4, 0.5) is 0 Å². The number of thiophene rings is 1. The van der Waals surface area contributed by atoms with Gasteiger partial charge in [-0.3, -0.25) is 4.79 Å². The molecule has 0 amide bonds. The Hall–Kier alpha value is -1.72. The van der Waals surface area contributed by atoms with E-state index in [4.69, 9.17) is 0 Å². The fourth-order valence-electron chi connectivity index (χ4n) is 2.22. The zero-order valence-corrected chi connectivity index (χ0v) is 14.3. The molecule has 0 unspecified atom stereocenters. The third kappa shape index (κ3) is 2.91. The highest BCUT2D eigenvalue weighted by molar-refractivity contribution is 8.00. The van der Waals surface area contributed by atoms with Gasteiger partial charge >= 0.3 is 0 Å². The molecule has 3 aromatic rings. The number of carbonyl (C=O) groups is 1. The Kier molecular flexibility index (Phi) is 4.27. The molecule has 0 aliphatic carbocycles. The molecule has 5 heteroatoms. The van der Waals surface area contributed by atoms with Crippen molar-refractivity contribution in [3.63, 3.8) is 0 Å². The summed E-state index contributed by atoms with van der Waals surface area (Å²) in [4.78, 5) is 23.2. The van der Waals surface area contributed by atoms with Crippen LogP contribution >= 0.6 is 23.1 Å². The Morgan fingerprint density at radius 3 is 2.59 bits per heavy atom. The van der Waals surface area contributed by atoms with Crippen LogP contribution in [0.2, 0.25) is 0 Å². The first-order chi connectivity index (χ1) is 10.6. The largest absolute Gasteiger partial charge is 0.293 e. The van der Waals surface area contributed by atoms with E-state index in [1.807, 2.05) is 31.2 Å². The van der Waals surface area contributed by atoms with Gasteiger partial charge in [-0.1, -0.05) is 41.6 Å². The van der Waals surface area contributed by atoms with E-state index in [2.05, 4.69) is 23.8 Å². The second-order valence-corrected chi connectivity index (χ2v) is 7.39. The predicted molar refractivity (Wildman–Crippen MR) is 93.1 cm³/mol. The second-order valence-electron chi connectivity index (χ2n) is 5.22. The number of benzene rings is 1. The van der Waals surface area contributed by atoms with Gasteiger partial charge in [0.15, 0.2) is 5.78 Å². The summed E-state index contributed by atoms with van der Waals surface area (Å²) in [5, 5.41) is 1.99. The summed E-state index contributed by atoms with van der Waals surface area (Å²) in [6.07, 6.45) is 1.58. The summed E-state index contributed by atoms with van der Waals surface area (Å²) in [6, 6.07) is 7.70. The van der Waals surface area contributed by atoms with Gasteiger partial charge in [0.2, 0.25) is 0 Å². The van der Waals surface area contributed by atoms with E-state index in [1.54, 1.807) is 17.7 Å². The number of carbonyl (C=O) groups excluding carboxylic acids is 1. The monoisotopic (exact) mass is 328 g/mol. The van der Waals surface area contributed by atoms with E-state index in [1.165, 1.54) is 22.2 Å². The number of rotatable bonds is 4. The molecule has 0 fully saturated rings. The Balaban J connectivity index is 1.82. The molecular formula is C17H16N2OS2. The van der Waals surface area contributed by atoms with Crippen LogP contribution in [0.5, 0.6) is 0 Å². The maximum absolute atomic E-state index is 12.3. The van der Waals surface area contributed by atoms with Crippen molar-refractivity contribution in [3.8, 4) is 0 Å². The number of nitrogens with zero attached hydrogens (tertiary/aromatic N) is 2. The molecule has 2 heterocycles. The Bertz CT molecular complexity index is 838. The molecule has 0 bridgehead atoms. The summed E-state index contributed by atoms with van der Waals surface area (Å²) in [7, 11) is 0. The molecule has 0 aliphatic heterocycles. The molecule has 0 saturated heterocycles. The molecule has 1 aromatic carbocycles. The molecule has 3 rings (SSSR count). The highest BCUT2D eigenvalue weighted by Gasteiger charge is 2.14.